The average molecular weight is 247 g/mol. The highest BCUT2D eigenvalue weighted by molar-refractivity contribution is 7.80. The summed E-state index contributed by atoms with van der Waals surface area (Å²) in [5.41, 5.74) is 3.55. The largest absolute Gasteiger partial charge is 0.371 e. The molecule has 1 aromatic rings. The third-order valence-corrected chi connectivity index (χ3v) is 4.95. The highest BCUT2D eigenvalue weighted by Gasteiger charge is 2.42. The summed E-state index contributed by atoms with van der Waals surface area (Å²) < 4.78 is 0. The van der Waals surface area contributed by atoms with Crippen LogP contribution in [-0.2, 0) is 6.42 Å². The molecule has 2 aliphatic rings. The van der Waals surface area contributed by atoms with Gasteiger partial charge in [0.1, 0.15) is 0 Å². The van der Waals surface area contributed by atoms with E-state index in [0.717, 1.165) is 5.75 Å². The molecule has 1 fully saturated rings. The summed E-state index contributed by atoms with van der Waals surface area (Å²) in [4.78, 5) is 2.62. The van der Waals surface area contributed by atoms with Gasteiger partial charge in [-0.05, 0) is 54.9 Å². The molecular formula is C15H21NS. The van der Waals surface area contributed by atoms with Gasteiger partial charge in [-0.3, -0.25) is 0 Å². The van der Waals surface area contributed by atoms with Crippen molar-refractivity contribution >= 4 is 18.3 Å². The average Bonchev–Trinajstić information content (AvgIpc) is 3.16. The van der Waals surface area contributed by atoms with E-state index < -0.39 is 0 Å². The van der Waals surface area contributed by atoms with Gasteiger partial charge in [0.2, 0.25) is 0 Å². The molecule has 92 valence electrons. The van der Waals surface area contributed by atoms with E-state index in [1.165, 1.54) is 50.9 Å². The van der Waals surface area contributed by atoms with Crippen LogP contribution in [0, 0.1) is 5.41 Å². The number of nitrogens with zero attached hydrogens (tertiary/aromatic N) is 1. The van der Waals surface area contributed by atoms with Crippen molar-refractivity contribution < 1.29 is 0 Å². The quantitative estimate of drug-likeness (QED) is 0.800. The summed E-state index contributed by atoms with van der Waals surface area (Å²) in [6.07, 6.45) is 6.66. The van der Waals surface area contributed by atoms with Crippen molar-refractivity contribution in [1.29, 1.82) is 0 Å². The van der Waals surface area contributed by atoms with Crippen molar-refractivity contribution in [3.63, 3.8) is 0 Å². The van der Waals surface area contributed by atoms with Crippen LogP contribution in [0.25, 0.3) is 0 Å². The fourth-order valence-electron chi connectivity index (χ4n) is 2.88. The van der Waals surface area contributed by atoms with Gasteiger partial charge >= 0.3 is 0 Å². The van der Waals surface area contributed by atoms with Crippen LogP contribution >= 0.6 is 12.6 Å². The van der Waals surface area contributed by atoms with Crippen LogP contribution in [0.2, 0.25) is 0 Å². The molecule has 1 nitrogen and oxygen atoms in total. The molecule has 0 saturated heterocycles. The lowest BCUT2D eigenvalue weighted by Crippen LogP contribution is -2.32. The maximum atomic E-state index is 4.53. The van der Waals surface area contributed by atoms with E-state index in [1.54, 1.807) is 5.56 Å². The zero-order chi connectivity index (χ0) is 11.7. The first kappa shape index (κ1) is 11.5. The predicted molar refractivity (Wildman–Crippen MR) is 77.1 cm³/mol. The van der Waals surface area contributed by atoms with Gasteiger partial charge in [0.25, 0.3) is 0 Å². The number of para-hydroxylation sites is 1. The monoisotopic (exact) mass is 247 g/mol. The molecule has 17 heavy (non-hydrogen) atoms. The van der Waals surface area contributed by atoms with E-state index in [9.17, 15) is 0 Å². The zero-order valence-corrected chi connectivity index (χ0v) is 11.3. The van der Waals surface area contributed by atoms with E-state index in [2.05, 4.69) is 41.8 Å². The van der Waals surface area contributed by atoms with Crippen molar-refractivity contribution in [2.75, 3.05) is 23.7 Å². The second-order valence-corrected chi connectivity index (χ2v) is 5.98. The standard InChI is InChI=1S/C15H21NS/c17-12-15(8-9-15)11-16-10-4-3-6-13-5-1-2-7-14(13)16/h1-2,5,7,17H,3-4,6,8-12H2. The number of benzene rings is 1. The lowest BCUT2D eigenvalue weighted by Gasteiger charge is -2.29. The van der Waals surface area contributed by atoms with Gasteiger partial charge in [0.15, 0.2) is 0 Å². The minimum absolute atomic E-state index is 0.528. The van der Waals surface area contributed by atoms with Gasteiger partial charge in [-0.2, -0.15) is 12.6 Å². The molecule has 1 saturated carbocycles. The number of anilines is 1. The zero-order valence-electron chi connectivity index (χ0n) is 10.4. The number of hydrogen-bond acceptors (Lipinski definition) is 2. The first-order chi connectivity index (χ1) is 8.33. The van der Waals surface area contributed by atoms with Crippen LogP contribution in [0.1, 0.15) is 31.2 Å². The Morgan fingerprint density at radius 3 is 2.76 bits per heavy atom. The van der Waals surface area contributed by atoms with Gasteiger partial charge in [0.05, 0.1) is 0 Å². The Bertz CT molecular complexity index is 398. The van der Waals surface area contributed by atoms with Crippen molar-refractivity contribution in [3.8, 4) is 0 Å². The van der Waals surface area contributed by atoms with Gasteiger partial charge in [-0.1, -0.05) is 18.2 Å². The molecule has 1 aromatic carbocycles. The van der Waals surface area contributed by atoms with Crippen LogP contribution < -0.4 is 4.90 Å². The lowest BCUT2D eigenvalue weighted by atomic mass is 10.1. The molecule has 1 aliphatic carbocycles. The lowest BCUT2D eigenvalue weighted by molar-refractivity contribution is 0.554. The number of aryl methyl sites for hydroxylation is 1. The number of rotatable bonds is 3. The summed E-state index contributed by atoms with van der Waals surface area (Å²) in [6, 6.07) is 8.95. The molecule has 0 bridgehead atoms. The molecule has 0 N–H and O–H groups in total. The molecule has 0 aromatic heterocycles. The van der Waals surface area contributed by atoms with E-state index in [0.29, 0.717) is 5.41 Å². The van der Waals surface area contributed by atoms with Crippen molar-refractivity contribution in [1.82, 2.24) is 0 Å². The first-order valence-corrected chi connectivity index (χ1v) is 7.40. The Kier molecular flexibility index (Phi) is 3.08. The second kappa shape index (κ2) is 4.56. The maximum Gasteiger partial charge on any atom is 0.0398 e. The van der Waals surface area contributed by atoms with Gasteiger partial charge in [-0.25, -0.2) is 0 Å². The summed E-state index contributed by atoms with van der Waals surface area (Å²) in [5, 5.41) is 0. The van der Waals surface area contributed by atoms with Crippen LogP contribution in [0.3, 0.4) is 0 Å². The highest BCUT2D eigenvalue weighted by Crippen LogP contribution is 2.48. The van der Waals surface area contributed by atoms with Gasteiger partial charge in [-0.15, -0.1) is 0 Å². The molecule has 0 amide bonds. The Morgan fingerprint density at radius 1 is 1.18 bits per heavy atom. The van der Waals surface area contributed by atoms with Crippen LogP contribution in [0.5, 0.6) is 0 Å². The summed E-state index contributed by atoms with van der Waals surface area (Å²) in [6.45, 7) is 2.44. The number of hydrogen-bond donors (Lipinski definition) is 1. The number of fused-ring (bicyclic) bond motifs is 1. The maximum absolute atomic E-state index is 4.53. The third kappa shape index (κ3) is 2.33. The van der Waals surface area contributed by atoms with Crippen LogP contribution in [-0.4, -0.2) is 18.8 Å². The molecule has 0 unspecified atom stereocenters. The Balaban J connectivity index is 1.84. The van der Waals surface area contributed by atoms with Crippen molar-refractivity contribution in [3.05, 3.63) is 29.8 Å². The fourth-order valence-corrected chi connectivity index (χ4v) is 3.30. The van der Waals surface area contributed by atoms with E-state index in [4.69, 9.17) is 0 Å². The third-order valence-electron chi connectivity index (χ3n) is 4.28. The topological polar surface area (TPSA) is 3.24 Å². The molecule has 0 spiro atoms. The Morgan fingerprint density at radius 2 is 2.00 bits per heavy atom. The molecule has 0 radical (unpaired) electrons. The molecule has 3 rings (SSSR count). The summed E-state index contributed by atoms with van der Waals surface area (Å²) >= 11 is 4.53. The smallest absolute Gasteiger partial charge is 0.0398 e. The SMILES string of the molecule is SCC1(CN2CCCCc3ccccc32)CC1. The second-order valence-electron chi connectivity index (χ2n) is 5.67. The molecule has 0 atom stereocenters. The minimum atomic E-state index is 0.528. The van der Waals surface area contributed by atoms with Crippen LogP contribution in [0.15, 0.2) is 24.3 Å². The fraction of sp³-hybridized carbons (Fsp3) is 0.600. The van der Waals surface area contributed by atoms with Crippen molar-refractivity contribution in [2.45, 2.75) is 32.1 Å². The summed E-state index contributed by atoms with van der Waals surface area (Å²) in [5.74, 6) is 1.05. The summed E-state index contributed by atoms with van der Waals surface area (Å²) in [7, 11) is 0. The molecule has 1 aliphatic heterocycles. The van der Waals surface area contributed by atoms with Gasteiger partial charge in [0, 0.05) is 18.8 Å². The van der Waals surface area contributed by atoms with E-state index in [-0.39, 0.29) is 0 Å². The van der Waals surface area contributed by atoms with Crippen molar-refractivity contribution in [2.24, 2.45) is 5.41 Å². The van der Waals surface area contributed by atoms with Crippen LogP contribution in [0.4, 0.5) is 5.69 Å². The number of thiol groups is 1. The Hall–Kier alpha value is -0.630. The Labute approximate surface area is 110 Å². The first-order valence-electron chi connectivity index (χ1n) is 6.77. The van der Waals surface area contributed by atoms with E-state index in [1.807, 2.05) is 0 Å². The molecular weight excluding hydrogens is 226 g/mol. The molecule has 2 heteroatoms. The highest BCUT2D eigenvalue weighted by atomic mass is 32.1. The van der Waals surface area contributed by atoms with Gasteiger partial charge < -0.3 is 4.90 Å². The molecule has 1 heterocycles. The predicted octanol–water partition coefficient (Wildman–Crippen LogP) is 3.54. The normalized spacial score (nSPS) is 21.8. The van der Waals surface area contributed by atoms with E-state index >= 15 is 0 Å². The minimum Gasteiger partial charge on any atom is -0.371 e.